The van der Waals surface area contributed by atoms with Gasteiger partial charge in [0.25, 0.3) is 6.71 Å². The second-order valence-electron chi connectivity index (χ2n) is 25.6. The van der Waals surface area contributed by atoms with Crippen molar-refractivity contribution < 1.29 is 0 Å². The minimum atomic E-state index is -0.107. The molecule has 7 aromatic carbocycles. The van der Waals surface area contributed by atoms with E-state index < -0.39 is 0 Å². The van der Waals surface area contributed by atoms with E-state index in [0.29, 0.717) is 0 Å². The van der Waals surface area contributed by atoms with Crippen molar-refractivity contribution in [1.82, 2.24) is 4.57 Å². The number of benzene rings is 7. The van der Waals surface area contributed by atoms with Gasteiger partial charge in [-0.05, 0) is 160 Å². The van der Waals surface area contributed by atoms with Gasteiger partial charge >= 0.3 is 0 Å². The van der Waals surface area contributed by atoms with Gasteiger partial charge in [-0.1, -0.05) is 166 Å². The van der Waals surface area contributed by atoms with E-state index in [4.69, 9.17) is 0 Å². The van der Waals surface area contributed by atoms with Crippen LogP contribution in [-0.2, 0) is 21.7 Å². The summed E-state index contributed by atoms with van der Waals surface area (Å²) in [6.45, 7) is 24.9. The van der Waals surface area contributed by atoms with Crippen molar-refractivity contribution in [1.29, 1.82) is 0 Å². The Morgan fingerprint density at radius 2 is 1.04 bits per heavy atom. The molecular weight excluding hydrogens is 846 g/mol. The molecule has 350 valence electrons. The highest BCUT2D eigenvalue weighted by atomic mass is 15.3. The topological polar surface area (TPSA) is 11.4 Å². The van der Waals surface area contributed by atoms with Crippen LogP contribution >= 0.6 is 0 Å². The maximum absolute atomic E-state index is 2.96. The molecule has 0 amide bonds. The molecule has 1 aromatic heterocycles. The maximum Gasteiger partial charge on any atom is 0.252 e. The average molecular weight is 914 g/mol. The lowest BCUT2D eigenvalue weighted by Gasteiger charge is -2.53. The van der Waals surface area contributed by atoms with E-state index in [2.05, 4.69) is 217 Å². The number of hydrogen-bond acceptors (Lipinski definition) is 2. The Morgan fingerprint density at radius 1 is 0.457 bits per heavy atom. The minimum Gasteiger partial charge on any atom is -0.335 e. The molecule has 0 saturated heterocycles. The van der Waals surface area contributed by atoms with Crippen LogP contribution in [0, 0.1) is 0 Å². The number of hydrogen-bond donors (Lipinski definition) is 0. The number of aromatic nitrogens is 1. The molecule has 0 spiro atoms. The molecule has 8 aromatic rings. The number of rotatable bonds is 3. The third-order valence-electron chi connectivity index (χ3n) is 19.9. The van der Waals surface area contributed by atoms with E-state index in [1.54, 1.807) is 5.56 Å². The summed E-state index contributed by atoms with van der Waals surface area (Å²) in [5.41, 5.74) is 25.0. The van der Waals surface area contributed by atoms with Gasteiger partial charge in [-0.2, -0.15) is 0 Å². The normalized spacial score (nSPS) is 25.0. The molecule has 70 heavy (non-hydrogen) atoms. The molecular formula is C66H68BN3. The zero-order chi connectivity index (χ0) is 48.1. The second-order valence-corrected chi connectivity index (χ2v) is 25.6. The smallest absolute Gasteiger partial charge is 0.252 e. The Labute approximate surface area is 417 Å². The van der Waals surface area contributed by atoms with Crippen LogP contribution in [0.4, 0.5) is 22.7 Å². The molecule has 4 atom stereocenters. The summed E-state index contributed by atoms with van der Waals surface area (Å²) >= 11 is 0. The van der Waals surface area contributed by atoms with Gasteiger partial charge in [-0.3, -0.25) is 0 Å². The van der Waals surface area contributed by atoms with Crippen molar-refractivity contribution in [2.75, 3.05) is 9.80 Å². The standard InChI is InChI=1S/C66H68BN3/c1-61(2,3)45-26-28-54-48(36-45)49-37-46(62(4,5)6)38-53-59(49)68(54)56-39-47(69-55-27-25-43(41-21-13-11-14-22-41)33-50(55)63(7)29-17-19-31-65(63,69)9)40-57-58(56)67(53)52-35-44(42-23-15-12-16-24-42)34-51-60(52)70(57)66(10)32-20-18-30-64(51,66)8/h11-16,21-28,33-40H,17-20,29-32H2,1-10H3. The van der Waals surface area contributed by atoms with E-state index >= 15 is 0 Å². The molecule has 6 aliphatic rings. The molecule has 2 aliphatic carbocycles. The van der Waals surface area contributed by atoms with E-state index in [9.17, 15) is 0 Å². The van der Waals surface area contributed by atoms with Gasteiger partial charge in [0.2, 0.25) is 0 Å². The molecule has 3 nitrogen and oxygen atoms in total. The van der Waals surface area contributed by atoms with Crippen molar-refractivity contribution >= 4 is 67.7 Å². The molecule has 2 fully saturated rings. The summed E-state index contributed by atoms with van der Waals surface area (Å²) < 4.78 is 2.75. The van der Waals surface area contributed by atoms with Crippen LogP contribution in [0.2, 0.25) is 0 Å². The third-order valence-corrected chi connectivity index (χ3v) is 19.9. The third kappa shape index (κ3) is 5.33. The van der Waals surface area contributed by atoms with Crippen molar-refractivity contribution in [3.05, 3.63) is 156 Å². The first-order valence-electron chi connectivity index (χ1n) is 26.8. The first-order valence-corrected chi connectivity index (χ1v) is 26.8. The summed E-state index contributed by atoms with van der Waals surface area (Å²) in [5.74, 6) is 0. The highest BCUT2D eigenvalue weighted by Gasteiger charge is 2.62. The van der Waals surface area contributed by atoms with Gasteiger partial charge in [0.1, 0.15) is 0 Å². The Hall–Kier alpha value is -6.00. The zero-order valence-corrected chi connectivity index (χ0v) is 43.3. The van der Waals surface area contributed by atoms with E-state index in [1.165, 1.54) is 151 Å². The predicted octanol–water partition coefficient (Wildman–Crippen LogP) is 15.3. The van der Waals surface area contributed by atoms with Gasteiger partial charge in [-0.15, -0.1) is 0 Å². The van der Waals surface area contributed by atoms with Crippen molar-refractivity contribution in [3.8, 4) is 27.9 Å². The molecule has 5 heterocycles. The van der Waals surface area contributed by atoms with E-state index in [1.807, 2.05) is 0 Å². The quantitative estimate of drug-likeness (QED) is 0.164. The molecule has 2 saturated carbocycles. The molecule has 4 aliphatic heterocycles. The van der Waals surface area contributed by atoms with Gasteiger partial charge in [0.15, 0.2) is 0 Å². The number of nitrogens with zero attached hydrogens (tertiary/aromatic N) is 3. The lowest BCUT2D eigenvalue weighted by atomic mass is 9.33. The fourth-order valence-corrected chi connectivity index (χ4v) is 15.6. The van der Waals surface area contributed by atoms with Crippen LogP contribution < -0.4 is 26.2 Å². The first kappa shape index (κ1) is 42.8. The molecule has 0 bridgehead atoms. The van der Waals surface area contributed by atoms with Crippen LogP contribution in [-0.4, -0.2) is 22.4 Å². The monoisotopic (exact) mass is 914 g/mol. The van der Waals surface area contributed by atoms with Crippen LogP contribution in [0.3, 0.4) is 0 Å². The summed E-state index contributed by atoms with van der Waals surface area (Å²) in [6, 6.07) is 53.2. The number of anilines is 4. The Morgan fingerprint density at radius 3 is 1.71 bits per heavy atom. The second kappa shape index (κ2) is 13.9. The molecule has 0 N–H and O–H groups in total. The van der Waals surface area contributed by atoms with Crippen LogP contribution in [0.25, 0.3) is 49.7 Å². The van der Waals surface area contributed by atoms with Crippen molar-refractivity contribution in [2.24, 2.45) is 0 Å². The average Bonchev–Trinajstić information content (AvgIpc) is 3.87. The highest BCUT2D eigenvalue weighted by Crippen LogP contribution is 2.65. The zero-order valence-electron chi connectivity index (χ0n) is 43.3. The van der Waals surface area contributed by atoms with E-state index in [0.717, 1.165) is 6.42 Å². The Kier molecular flexibility index (Phi) is 8.51. The molecule has 0 radical (unpaired) electrons. The minimum absolute atomic E-state index is 0.0110. The molecule has 4 unspecified atom stereocenters. The first-order chi connectivity index (χ1) is 33.4. The van der Waals surface area contributed by atoms with E-state index in [-0.39, 0.29) is 39.5 Å². The van der Waals surface area contributed by atoms with Crippen LogP contribution in [0.15, 0.2) is 133 Å². The van der Waals surface area contributed by atoms with Gasteiger partial charge in [0.05, 0.1) is 16.6 Å². The number of fused-ring (bicyclic) bond motifs is 13. The largest absolute Gasteiger partial charge is 0.335 e. The molecule has 4 heteroatoms. The summed E-state index contributed by atoms with van der Waals surface area (Å²) in [4.78, 5) is 5.83. The van der Waals surface area contributed by atoms with Crippen LogP contribution in [0.5, 0.6) is 0 Å². The Balaban J connectivity index is 1.13. The SMILES string of the molecule is CC(C)(C)c1ccc2c(c1)c1cc(C(C)(C)C)cc3c1n2-c1cc(N2c4ccc(-c5ccccc5)cc4C4(C)CCCCC24C)cc2c1B3c1cc(-c3ccccc3)cc3c1N2C1(C)CCCCC31C. The fraction of sp³-hybridized carbons (Fsp3) is 0.364. The van der Waals surface area contributed by atoms with Gasteiger partial charge in [0, 0.05) is 55.6 Å². The van der Waals surface area contributed by atoms with Gasteiger partial charge < -0.3 is 14.4 Å². The maximum atomic E-state index is 2.96. The van der Waals surface area contributed by atoms with Crippen molar-refractivity contribution in [3.63, 3.8) is 0 Å². The highest BCUT2D eigenvalue weighted by molar-refractivity contribution is 7.00. The summed E-state index contributed by atoms with van der Waals surface area (Å²) in [7, 11) is 0. The predicted molar refractivity (Wildman–Crippen MR) is 299 cm³/mol. The Bertz CT molecular complexity index is 3550. The summed E-state index contributed by atoms with van der Waals surface area (Å²) in [6.07, 6.45) is 9.74. The molecule has 14 rings (SSSR count). The summed E-state index contributed by atoms with van der Waals surface area (Å²) in [5, 5.41) is 2.76. The van der Waals surface area contributed by atoms with Gasteiger partial charge in [-0.25, -0.2) is 0 Å². The van der Waals surface area contributed by atoms with Crippen molar-refractivity contribution in [2.45, 2.75) is 153 Å². The lowest BCUT2D eigenvalue weighted by Crippen LogP contribution is -2.64. The fourth-order valence-electron chi connectivity index (χ4n) is 15.6. The van der Waals surface area contributed by atoms with Crippen LogP contribution in [0.1, 0.15) is 143 Å². The lowest BCUT2D eigenvalue weighted by molar-refractivity contribution is 0.194.